The summed E-state index contributed by atoms with van der Waals surface area (Å²) < 4.78 is 1.03. The van der Waals surface area contributed by atoms with Gasteiger partial charge in [-0.05, 0) is 17.3 Å². The zero-order chi connectivity index (χ0) is 12.6. The Bertz CT molecular complexity index is 645. The van der Waals surface area contributed by atoms with Crippen LogP contribution in [0.2, 0.25) is 0 Å². The number of nitroso groups, excluding NO2 is 1. The summed E-state index contributed by atoms with van der Waals surface area (Å²) in [6, 6.07) is 2.55. The number of aromatic carboxylic acids is 2. The predicted molar refractivity (Wildman–Crippen MR) is 54.6 cm³/mol. The molecule has 0 saturated carbocycles. The van der Waals surface area contributed by atoms with Gasteiger partial charge < -0.3 is 10.2 Å². The Labute approximate surface area is 93.1 Å². The average Bonchev–Trinajstić information content (AvgIpc) is 2.66. The molecular weight excluding hydrogens is 230 g/mol. The molecule has 8 nitrogen and oxygen atoms in total. The molecule has 86 valence electrons. The molecule has 0 unspecified atom stereocenters. The number of pyridine rings is 1. The highest BCUT2D eigenvalue weighted by Gasteiger charge is 2.19. The highest BCUT2D eigenvalue weighted by molar-refractivity contribution is 5.92. The Kier molecular flexibility index (Phi) is 2.32. The minimum absolute atomic E-state index is 0.100. The number of nitrogens with zero attached hydrogens (tertiary/aromatic N) is 3. The van der Waals surface area contributed by atoms with Crippen LogP contribution >= 0.6 is 0 Å². The maximum atomic E-state index is 10.8. The highest BCUT2D eigenvalue weighted by Crippen LogP contribution is 2.21. The zero-order valence-corrected chi connectivity index (χ0v) is 8.19. The van der Waals surface area contributed by atoms with Crippen LogP contribution in [0.4, 0.5) is 5.82 Å². The summed E-state index contributed by atoms with van der Waals surface area (Å²) in [7, 11) is 0. The third kappa shape index (κ3) is 1.61. The first-order valence-corrected chi connectivity index (χ1v) is 4.36. The lowest BCUT2D eigenvalue weighted by Gasteiger charge is -1.96. The van der Waals surface area contributed by atoms with E-state index in [0.29, 0.717) is 0 Å². The number of carbonyl (C=O) groups is 2. The third-order valence-electron chi connectivity index (χ3n) is 2.13. The van der Waals surface area contributed by atoms with E-state index in [1.165, 1.54) is 12.1 Å². The van der Waals surface area contributed by atoms with Crippen molar-refractivity contribution in [3.05, 3.63) is 34.5 Å². The van der Waals surface area contributed by atoms with Crippen LogP contribution in [-0.4, -0.2) is 31.5 Å². The van der Waals surface area contributed by atoms with Crippen molar-refractivity contribution in [2.24, 2.45) is 5.18 Å². The molecule has 2 aromatic rings. The first kappa shape index (κ1) is 10.7. The monoisotopic (exact) mass is 235 g/mol. The predicted octanol–water partition coefficient (Wildman–Crippen LogP) is 1.13. The van der Waals surface area contributed by atoms with E-state index >= 15 is 0 Å². The van der Waals surface area contributed by atoms with Gasteiger partial charge in [0.25, 0.3) is 0 Å². The molecule has 0 atom stereocenters. The lowest BCUT2D eigenvalue weighted by atomic mass is 10.3. The summed E-state index contributed by atoms with van der Waals surface area (Å²) in [4.78, 5) is 35.7. The summed E-state index contributed by atoms with van der Waals surface area (Å²) in [6.45, 7) is 0. The van der Waals surface area contributed by atoms with Gasteiger partial charge in [-0.2, -0.15) is 0 Å². The summed E-state index contributed by atoms with van der Waals surface area (Å²) in [5, 5.41) is 20.1. The molecule has 8 heteroatoms. The standard InChI is InChI=1S/C9H5N3O5/c13-8(14)4-1-2-5-10-6(9(15)16)7(11-17)12(5)3-4/h1-3H,(H,13,14)(H,15,16). The number of rotatable bonds is 3. The lowest BCUT2D eigenvalue weighted by molar-refractivity contribution is 0.0684. The van der Waals surface area contributed by atoms with E-state index in [1.54, 1.807) is 0 Å². The van der Waals surface area contributed by atoms with Gasteiger partial charge in [-0.3, -0.25) is 4.40 Å². The molecule has 0 aliphatic heterocycles. The van der Waals surface area contributed by atoms with Gasteiger partial charge in [0.2, 0.25) is 5.82 Å². The van der Waals surface area contributed by atoms with Crippen LogP contribution in [-0.2, 0) is 0 Å². The summed E-state index contributed by atoms with van der Waals surface area (Å²) in [5.74, 6) is -3.04. The van der Waals surface area contributed by atoms with Crippen molar-refractivity contribution in [3.63, 3.8) is 0 Å². The fourth-order valence-corrected chi connectivity index (χ4v) is 1.39. The Morgan fingerprint density at radius 2 is 1.94 bits per heavy atom. The number of hydrogen-bond acceptors (Lipinski definition) is 5. The van der Waals surface area contributed by atoms with Crippen LogP contribution in [0, 0.1) is 4.91 Å². The molecule has 0 amide bonds. The Hall–Kier alpha value is -2.77. The minimum Gasteiger partial charge on any atom is -0.478 e. The van der Waals surface area contributed by atoms with Crippen molar-refractivity contribution >= 4 is 23.4 Å². The summed E-state index contributed by atoms with van der Waals surface area (Å²) in [6.07, 6.45) is 1.09. The largest absolute Gasteiger partial charge is 0.478 e. The molecule has 0 aliphatic rings. The molecular formula is C9H5N3O5. The van der Waals surface area contributed by atoms with Crippen molar-refractivity contribution in [3.8, 4) is 0 Å². The molecule has 0 aromatic carbocycles. The fraction of sp³-hybridized carbons (Fsp3) is 0. The van der Waals surface area contributed by atoms with E-state index in [2.05, 4.69) is 10.2 Å². The van der Waals surface area contributed by atoms with Crippen LogP contribution in [0.5, 0.6) is 0 Å². The summed E-state index contributed by atoms with van der Waals surface area (Å²) in [5.41, 5.74) is -0.471. The minimum atomic E-state index is -1.40. The maximum Gasteiger partial charge on any atom is 0.358 e. The van der Waals surface area contributed by atoms with Gasteiger partial charge in [0, 0.05) is 6.20 Å². The fourth-order valence-electron chi connectivity index (χ4n) is 1.39. The van der Waals surface area contributed by atoms with Gasteiger partial charge in [-0.25, -0.2) is 14.6 Å². The van der Waals surface area contributed by atoms with Crippen LogP contribution in [0.1, 0.15) is 20.8 Å². The van der Waals surface area contributed by atoms with Crippen LogP contribution in [0.15, 0.2) is 23.5 Å². The lowest BCUT2D eigenvalue weighted by Crippen LogP contribution is -1.98. The number of imidazole rings is 1. The number of fused-ring (bicyclic) bond motifs is 1. The number of hydrogen-bond donors (Lipinski definition) is 2. The maximum absolute atomic E-state index is 10.8. The molecule has 2 N–H and O–H groups in total. The second-order valence-electron chi connectivity index (χ2n) is 3.13. The van der Waals surface area contributed by atoms with E-state index in [4.69, 9.17) is 10.2 Å². The van der Waals surface area contributed by atoms with Gasteiger partial charge in [0.15, 0.2) is 5.69 Å². The Morgan fingerprint density at radius 3 is 2.47 bits per heavy atom. The molecule has 2 rings (SSSR count). The molecule has 0 aliphatic carbocycles. The SMILES string of the molecule is O=Nc1c(C(=O)O)nc2ccc(C(=O)O)cn12. The first-order valence-electron chi connectivity index (χ1n) is 4.36. The van der Waals surface area contributed by atoms with Crippen LogP contribution < -0.4 is 0 Å². The van der Waals surface area contributed by atoms with E-state index in [0.717, 1.165) is 10.6 Å². The van der Waals surface area contributed by atoms with Crippen molar-refractivity contribution in [1.29, 1.82) is 0 Å². The Morgan fingerprint density at radius 1 is 1.24 bits per heavy atom. The van der Waals surface area contributed by atoms with Gasteiger partial charge in [0.1, 0.15) is 5.65 Å². The molecule has 17 heavy (non-hydrogen) atoms. The average molecular weight is 235 g/mol. The third-order valence-corrected chi connectivity index (χ3v) is 2.13. The second-order valence-corrected chi connectivity index (χ2v) is 3.13. The highest BCUT2D eigenvalue weighted by atomic mass is 16.4. The van der Waals surface area contributed by atoms with Gasteiger partial charge >= 0.3 is 11.9 Å². The van der Waals surface area contributed by atoms with Gasteiger partial charge in [-0.15, -0.1) is 4.91 Å². The smallest absolute Gasteiger partial charge is 0.358 e. The van der Waals surface area contributed by atoms with Crippen molar-refractivity contribution in [2.75, 3.05) is 0 Å². The molecule has 2 aromatic heterocycles. The number of carboxylic acids is 2. The molecule has 0 radical (unpaired) electrons. The molecule has 0 saturated heterocycles. The van der Waals surface area contributed by atoms with Crippen molar-refractivity contribution in [2.45, 2.75) is 0 Å². The summed E-state index contributed by atoms with van der Waals surface area (Å²) >= 11 is 0. The van der Waals surface area contributed by atoms with Crippen LogP contribution in [0.25, 0.3) is 5.65 Å². The molecule has 0 spiro atoms. The van der Waals surface area contributed by atoms with Crippen LogP contribution in [0.3, 0.4) is 0 Å². The van der Waals surface area contributed by atoms with Crippen molar-refractivity contribution in [1.82, 2.24) is 9.38 Å². The molecule has 0 bridgehead atoms. The molecule has 0 fully saturated rings. The van der Waals surface area contributed by atoms with Crippen molar-refractivity contribution < 1.29 is 19.8 Å². The van der Waals surface area contributed by atoms with E-state index in [9.17, 15) is 14.5 Å². The number of carboxylic acid groups (broad SMARTS) is 2. The molecule has 2 heterocycles. The van der Waals surface area contributed by atoms with E-state index < -0.39 is 23.5 Å². The number of aromatic nitrogens is 2. The zero-order valence-electron chi connectivity index (χ0n) is 8.19. The van der Waals surface area contributed by atoms with E-state index in [-0.39, 0.29) is 11.2 Å². The van der Waals surface area contributed by atoms with Gasteiger partial charge in [0.05, 0.1) is 5.56 Å². The van der Waals surface area contributed by atoms with Gasteiger partial charge in [-0.1, -0.05) is 0 Å². The quantitative estimate of drug-likeness (QED) is 0.769. The topological polar surface area (TPSA) is 121 Å². The first-order chi connectivity index (χ1) is 8.04. The van der Waals surface area contributed by atoms with E-state index in [1.807, 2.05) is 0 Å². The second kappa shape index (κ2) is 3.67. The normalized spacial score (nSPS) is 10.4. The Balaban J connectivity index is 2.80.